The summed E-state index contributed by atoms with van der Waals surface area (Å²) in [6, 6.07) is 6.02. The number of piperidine rings is 1. The zero-order chi connectivity index (χ0) is 20.0. The molecule has 0 radical (unpaired) electrons. The van der Waals surface area contributed by atoms with E-state index in [1.807, 2.05) is 23.1 Å². The second kappa shape index (κ2) is 7.36. The Bertz CT molecular complexity index is 907. The van der Waals surface area contributed by atoms with Gasteiger partial charge in [-0.2, -0.15) is 10.2 Å². The summed E-state index contributed by atoms with van der Waals surface area (Å²) in [6.45, 7) is 4.85. The van der Waals surface area contributed by atoms with Crippen LogP contribution in [0, 0.1) is 0 Å². The van der Waals surface area contributed by atoms with E-state index in [0.717, 1.165) is 61.9 Å². The highest BCUT2D eigenvalue weighted by Crippen LogP contribution is 2.34. The minimum absolute atomic E-state index is 0.00171. The van der Waals surface area contributed by atoms with Gasteiger partial charge in [0.2, 0.25) is 0 Å². The largest absolute Gasteiger partial charge is 0.385 e. The highest BCUT2D eigenvalue weighted by molar-refractivity contribution is 6.05. The number of hydrogen-bond donors (Lipinski definition) is 3. The van der Waals surface area contributed by atoms with E-state index in [-0.39, 0.29) is 5.91 Å². The molecule has 1 atom stereocenters. The molecular weight excluding hydrogens is 370 g/mol. The molecule has 0 aliphatic carbocycles. The third-order valence-corrected chi connectivity index (χ3v) is 7.01. The van der Waals surface area contributed by atoms with E-state index in [1.54, 1.807) is 0 Å². The Morgan fingerprint density at radius 2 is 1.93 bits per heavy atom. The first-order valence-corrected chi connectivity index (χ1v) is 10.7. The number of aromatic nitrogens is 2. The van der Waals surface area contributed by atoms with E-state index < -0.39 is 5.60 Å². The fourth-order valence-electron chi connectivity index (χ4n) is 5.16. The van der Waals surface area contributed by atoms with Gasteiger partial charge in [0.1, 0.15) is 0 Å². The van der Waals surface area contributed by atoms with Gasteiger partial charge >= 0.3 is 0 Å². The van der Waals surface area contributed by atoms with E-state index in [0.29, 0.717) is 37.7 Å². The molecule has 4 aliphatic heterocycles. The average Bonchev–Trinajstić information content (AvgIpc) is 2.85. The molecule has 0 spiro atoms. The SMILES string of the molecule is O=C(c1n[nH]c2cc(C3(O)CCCN(O)CC3)ccc12)N1CCN2CCC1CC2. The number of hydrogen-bond acceptors (Lipinski definition) is 6. The monoisotopic (exact) mass is 399 g/mol. The quantitative estimate of drug-likeness (QED) is 0.709. The predicted octanol–water partition coefficient (Wildman–Crippen LogP) is 1.55. The van der Waals surface area contributed by atoms with Crippen molar-refractivity contribution in [3.63, 3.8) is 0 Å². The van der Waals surface area contributed by atoms with Gasteiger partial charge in [-0.3, -0.25) is 9.89 Å². The Kier molecular flexibility index (Phi) is 4.82. The smallest absolute Gasteiger partial charge is 0.275 e. The predicted molar refractivity (Wildman–Crippen MR) is 108 cm³/mol. The van der Waals surface area contributed by atoms with Crippen molar-refractivity contribution in [2.45, 2.75) is 43.7 Å². The van der Waals surface area contributed by atoms with Crippen LogP contribution < -0.4 is 0 Å². The lowest BCUT2D eigenvalue weighted by molar-refractivity contribution is -0.0933. The average molecular weight is 399 g/mol. The summed E-state index contributed by atoms with van der Waals surface area (Å²) in [5.41, 5.74) is 1.08. The Balaban J connectivity index is 1.43. The van der Waals surface area contributed by atoms with Crippen LogP contribution in [0.15, 0.2) is 18.2 Å². The van der Waals surface area contributed by atoms with E-state index >= 15 is 0 Å². The Morgan fingerprint density at radius 1 is 1.10 bits per heavy atom. The number of carbonyl (C=O) groups is 1. The number of fused-ring (bicyclic) bond motifs is 5. The molecule has 5 heterocycles. The number of rotatable bonds is 2. The molecule has 1 unspecified atom stereocenters. The molecule has 8 nitrogen and oxygen atoms in total. The highest BCUT2D eigenvalue weighted by atomic mass is 16.5. The molecule has 8 heteroatoms. The maximum absolute atomic E-state index is 13.3. The molecule has 29 heavy (non-hydrogen) atoms. The van der Waals surface area contributed by atoms with Crippen molar-refractivity contribution >= 4 is 16.8 Å². The van der Waals surface area contributed by atoms with Crippen molar-refractivity contribution in [3.05, 3.63) is 29.5 Å². The van der Waals surface area contributed by atoms with E-state index in [1.165, 1.54) is 5.06 Å². The maximum Gasteiger partial charge on any atom is 0.275 e. The Morgan fingerprint density at radius 3 is 2.76 bits per heavy atom. The molecule has 4 saturated heterocycles. The summed E-state index contributed by atoms with van der Waals surface area (Å²) >= 11 is 0. The molecule has 1 amide bonds. The zero-order valence-electron chi connectivity index (χ0n) is 16.7. The van der Waals surface area contributed by atoms with Crippen LogP contribution in [0.25, 0.3) is 10.9 Å². The van der Waals surface area contributed by atoms with Crippen LogP contribution in [0.5, 0.6) is 0 Å². The summed E-state index contributed by atoms with van der Waals surface area (Å²) in [4.78, 5) is 17.7. The second-order valence-electron chi connectivity index (χ2n) is 8.74. The van der Waals surface area contributed by atoms with E-state index in [9.17, 15) is 15.1 Å². The van der Waals surface area contributed by atoms with Crippen LogP contribution in [0.2, 0.25) is 0 Å². The number of hydroxylamine groups is 2. The van der Waals surface area contributed by atoms with Crippen molar-refractivity contribution in [1.82, 2.24) is 25.1 Å². The van der Waals surface area contributed by atoms with E-state index in [2.05, 4.69) is 15.1 Å². The topological polar surface area (TPSA) is 95.9 Å². The third-order valence-electron chi connectivity index (χ3n) is 7.01. The van der Waals surface area contributed by atoms with Gasteiger partial charge in [0.05, 0.1) is 11.1 Å². The van der Waals surface area contributed by atoms with Crippen LogP contribution in [0.3, 0.4) is 0 Å². The van der Waals surface area contributed by atoms with Gasteiger partial charge in [-0.1, -0.05) is 6.07 Å². The van der Waals surface area contributed by atoms with Crippen molar-refractivity contribution in [1.29, 1.82) is 0 Å². The normalized spacial score (nSPS) is 31.0. The van der Waals surface area contributed by atoms with Crippen molar-refractivity contribution in [2.75, 3.05) is 39.3 Å². The number of aliphatic hydroxyl groups is 1. The zero-order valence-corrected chi connectivity index (χ0v) is 16.7. The first-order valence-electron chi connectivity index (χ1n) is 10.7. The van der Waals surface area contributed by atoms with Gasteiger partial charge in [0.25, 0.3) is 5.91 Å². The lowest BCUT2D eigenvalue weighted by atomic mass is 9.86. The standard InChI is InChI=1S/C21H29N5O3/c27-20(26-13-12-24-9-4-16(26)5-10-24)19-17-3-2-15(14-18(17)22-23-19)21(28)6-1-8-25(29)11-7-21/h2-3,14,16,28-29H,1,4-13H2,(H,22,23). The minimum atomic E-state index is -0.973. The summed E-state index contributed by atoms with van der Waals surface area (Å²) in [7, 11) is 0. The summed E-state index contributed by atoms with van der Waals surface area (Å²) in [6.07, 6.45) is 3.87. The fourth-order valence-corrected chi connectivity index (χ4v) is 5.16. The molecule has 4 aliphatic rings. The van der Waals surface area contributed by atoms with Crippen molar-refractivity contribution < 1.29 is 15.1 Å². The third kappa shape index (κ3) is 3.44. The molecular formula is C21H29N5O3. The van der Waals surface area contributed by atoms with Crippen LogP contribution in [0.1, 0.15) is 48.2 Å². The molecule has 4 fully saturated rings. The number of H-pyrrole nitrogens is 1. The Hall–Kier alpha value is -2.00. The lowest BCUT2D eigenvalue weighted by Crippen LogP contribution is -2.41. The van der Waals surface area contributed by atoms with Crippen LogP contribution >= 0.6 is 0 Å². The minimum Gasteiger partial charge on any atom is -0.385 e. The first-order chi connectivity index (χ1) is 14.0. The number of aromatic amines is 1. The van der Waals surface area contributed by atoms with Gasteiger partial charge in [0, 0.05) is 50.7 Å². The number of benzene rings is 1. The molecule has 1 aromatic heterocycles. The molecule has 2 bridgehead atoms. The van der Waals surface area contributed by atoms with Gasteiger partial charge in [-0.25, -0.2) is 0 Å². The number of nitrogens with one attached hydrogen (secondary N) is 1. The molecule has 0 saturated carbocycles. The fraction of sp³-hybridized carbons (Fsp3) is 0.619. The molecule has 2 aromatic rings. The lowest BCUT2D eigenvalue weighted by Gasteiger charge is -2.31. The van der Waals surface area contributed by atoms with Crippen LogP contribution in [-0.2, 0) is 5.60 Å². The number of carbonyl (C=O) groups excluding carboxylic acids is 1. The first kappa shape index (κ1) is 19.0. The van der Waals surface area contributed by atoms with Crippen molar-refractivity contribution in [2.24, 2.45) is 0 Å². The van der Waals surface area contributed by atoms with Gasteiger partial charge in [-0.05, 0) is 49.8 Å². The number of nitrogens with zero attached hydrogens (tertiary/aromatic N) is 4. The Labute approximate surface area is 170 Å². The van der Waals surface area contributed by atoms with Gasteiger partial charge in [-0.15, -0.1) is 0 Å². The number of amides is 1. The molecule has 6 rings (SSSR count). The molecule has 1 aromatic carbocycles. The summed E-state index contributed by atoms with van der Waals surface area (Å²) < 4.78 is 0. The summed E-state index contributed by atoms with van der Waals surface area (Å²) in [5.74, 6) is 0.00171. The maximum atomic E-state index is 13.3. The van der Waals surface area contributed by atoms with Crippen LogP contribution in [0.4, 0.5) is 0 Å². The molecule has 3 N–H and O–H groups in total. The van der Waals surface area contributed by atoms with Crippen molar-refractivity contribution in [3.8, 4) is 0 Å². The summed E-state index contributed by atoms with van der Waals surface area (Å²) in [5, 5.41) is 30.4. The molecule has 156 valence electrons. The van der Waals surface area contributed by atoms with E-state index in [4.69, 9.17) is 0 Å². The van der Waals surface area contributed by atoms with Crippen LogP contribution in [-0.4, -0.2) is 86.6 Å². The van der Waals surface area contributed by atoms with Gasteiger partial charge in [0.15, 0.2) is 5.69 Å². The second-order valence-corrected chi connectivity index (χ2v) is 8.74. The van der Waals surface area contributed by atoms with Gasteiger partial charge < -0.3 is 20.1 Å². The highest BCUT2D eigenvalue weighted by Gasteiger charge is 2.35.